The zero-order chi connectivity index (χ0) is 26.1. The number of hydrogen-bond donors (Lipinski definition) is 3. The van der Waals surface area contributed by atoms with Gasteiger partial charge in [0.2, 0.25) is 5.95 Å². The number of H-pyrrole nitrogens is 1. The van der Waals surface area contributed by atoms with E-state index in [1.54, 1.807) is 12.4 Å². The van der Waals surface area contributed by atoms with Crippen LogP contribution in [0, 0.1) is 5.82 Å². The van der Waals surface area contributed by atoms with Gasteiger partial charge in [-0.3, -0.25) is 14.9 Å². The molecule has 5 heterocycles. The number of benzene rings is 1. The molecule has 10 nitrogen and oxygen atoms in total. The SMILES string of the molecule is Cn1c(C(=O)Nc2ccncc2F)cc2c1CN(c1nccc(Nc3ccc(-c4cn[nH]c4)cc3)n1)CC2. The first-order valence-electron chi connectivity index (χ1n) is 12.1. The number of aromatic amines is 1. The van der Waals surface area contributed by atoms with Crippen molar-refractivity contribution in [1.29, 1.82) is 0 Å². The highest BCUT2D eigenvalue weighted by Crippen LogP contribution is 2.27. The van der Waals surface area contributed by atoms with E-state index in [0.29, 0.717) is 30.5 Å². The molecule has 190 valence electrons. The van der Waals surface area contributed by atoms with Crippen molar-refractivity contribution in [3.63, 3.8) is 0 Å². The Bertz CT molecular complexity index is 1600. The molecule has 0 radical (unpaired) electrons. The molecule has 0 bridgehead atoms. The van der Waals surface area contributed by atoms with Gasteiger partial charge in [-0.1, -0.05) is 12.1 Å². The maximum absolute atomic E-state index is 14.0. The highest BCUT2D eigenvalue weighted by atomic mass is 19.1. The van der Waals surface area contributed by atoms with Gasteiger partial charge >= 0.3 is 0 Å². The Hall–Kier alpha value is -5.06. The van der Waals surface area contributed by atoms with Crippen molar-refractivity contribution in [2.45, 2.75) is 13.0 Å². The normalized spacial score (nSPS) is 12.7. The smallest absolute Gasteiger partial charge is 0.272 e. The fraction of sp³-hybridized carbons (Fsp3) is 0.148. The minimum Gasteiger partial charge on any atom is -0.342 e. The summed E-state index contributed by atoms with van der Waals surface area (Å²) in [5.41, 5.74) is 5.63. The van der Waals surface area contributed by atoms with Gasteiger partial charge in [-0.15, -0.1) is 0 Å². The molecule has 1 aliphatic heterocycles. The van der Waals surface area contributed by atoms with Crippen LogP contribution in [0.4, 0.5) is 27.5 Å². The molecule has 11 heteroatoms. The summed E-state index contributed by atoms with van der Waals surface area (Å²) in [6, 6.07) is 13.2. The molecule has 1 amide bonds. The highest BCUT2D eigenvalue weighted by Gasteiger charge is 2.25. The molecule has 0 saturated carbocycles. The molecule has 1 aliphatic rings. The quantitative estimate of drug-likeness (QED) is 0.313. The molecule has 1 aromatic carbocycles. The van der Waals surface area contributed by atoms with Crippen molar-refractivity contribution in [2.24, 2.45) is 7.05 Å². The van der Waals surface area contributed by atoms with Gasteiger partial charge in [-0.2, -0.15) is 10.1 Å². The van der Waals surface area contributed by atoms with E-state index in [2.05, 4.69) is 35.7 Å². The van der Waals surface area contributed by atoms with E-state index in [1.807, 2.05) is 54.2 Å². The Morgan fingerprint density at radius 1 is 1.08 bits per heavy atom. The van der Waals surface area contributed by atoms with Gasteiger partial charge < -0.3 is 20.1 Å². The minimum absolute atomic E-state index is 0.0969. The lowest BCUT2D eigenvalue weighted by Gasteiger charge is -2.28. The standard InChI is InChI=1S/C27H24FN9O/c1-36-23(26(38)34-22-6-9-29-15-21(22)28)12-18-8-11-37(16-24(18)36)27-30-10-7-25(35-27)33-20-4-2-17(3-5-20)19-13-31-32-14-19/h2-7,9-10,12-15H,8,11,16H2,1H3,(H,31,32)(H,29,34,38)(H,30,33,35). The third-order valence-corrected chi connectivity index (χ3v) is 6.61. The van der Waals surface area contributed by atoms with E-state index in [4.69, 9.17) is 4.98 Å². The van der Waals surface area contributed by atoms with Crippen LogP contribution in [-0.2, 0) is 20.0 Å². The molecule has 6 rings (SSSR count). The maximum atomic E-state index is 14.0. The highest BCUT2D eigenvalue weighted by molar-refractivity contribution is 6.03. The summed E-state index contributed by atoms with van der Waals surface area (Å²) in [7, 11) is 1.84. The summed E-state index contributed by atoms with van der Waals surface area (Å²) in [5, 5.41) is 12.8. The summed E-state index contributed by atoms with van der Waals surface area (Å²) in [6.07, 6.45) is 8.61. The topological polar surface area (TPSA) is 117 Å². The van der Waals surface area contributed by atoms with E-state index in [-0.39, 0.29) is 11.6 Å². The van der Waals surface area contributed by atoms with Crippen molar-refractivity contribution >= 4 is 29.0 Å². The Balaban J connectivity index is 1.16. The number of hydrogen-bond acceptors (Lipinski definition) is 7. The molecular weight excluding hydrogens is 485 g/mol. The summed E-state index contributed by atoms with van der Waals surface area (Å²) in [5.74, 6) is 0.329. The van der Waals surface area contributed by atoms with Crippen molar-refractivity contribution in [1.82, 2.24) is 29.7 Å². The van der Waals surface area contributed by atoms with Crippen LogP contribution < -0.4 is 15.5 Å². The first-order chi connectivity index (χ1) is 18.5. The van der Waals surface area contributed by atoms with Gasteiger partial charge in [-0.25, -0.2) is 9.37 Å². The lowest BCUT2D eigenvalue weighted by molar-refractivity contribution is 0.101. The number of halogens is 1. The van der Waals surface area contributed by atoms with Crippen LogP contribution in [0.3, 0.4) is 0 Å². The molecule has 0 aliphatic carbocycles. The second kappa shape index (κ2) is 9.77. The summed E-state index contributed by atoms with van der Waals surface area (Å²) < 4.78 is 15.8. The predicted molar refractivity (Wildman–Crippen MR) is 142 cm³/mol. The fourth-order valence-electron chi connectivity index (χ4n) is 4.57. The molecule has 0 saturated heterocycles. The van der Waals surface area contributed by atoms with Gasteiger partial charge in [0.1, 0.15) is 11.5 Å². The average Bonchev–Trinajstić information content (AvgIpc) is 3.59. The third-order valence-electron chi connectivity index (χ3n) is 6.61. The molecular formula is C27H24FN9O. The number of rotatable bonds is 6. The van der Waals surface area contributed by atoms with Crippen molar-refractivity contribution in [2.75, 3.05) is 22.1 Å². The van der Waals surface area contributed by atoms with Gasteiger partial charge in [0.05, 0.1) is 24.6 Å². The van der Waals surface area contributed by atoms with E-state index in [0.717, 1.165) is 40.7 Å². The Morgan fingerprint density at radius 2 is 1.95 bits per heavy atom. The van der Waals surface area contributed by atoms with Crippen molar-refractivity contribution in [3.8, 4) is 11.1 Å². The molecule has 0 unspecified atom stereocenters. The van der Waals surface area contributed by atoms with Gasteiger partial charge in [0.25, 0.3) is 5.91 Å². The molecule has 3 N–H and O–H groups in total. The monoisotopic (exact) mass is 509 g/mol. The number of nitrogens with one attached hydrogen (secondary N) is 3. The number of nitrogens with zero attached hydrogens (tertiary/aromatic N) is 6. The number of aromatic nitrogens is 6. The second-order valence-corrected chi connectivity index (χ2v) is 8.97. The van der Waals surface area contributed by atoms with Gasteiger partial charge in [-0.05, 0) is 47.9 Å². The largest absolute Gasteiger partial charge is 0.342 e. The van der Waals surface area contributed by atoms with Gasteiger partial charge in [0, 0.05) is 49.1 Å². The lowest BCUT2D eigenvalue weighted by Crippen LogP contribution is -2.32. The molecule has 38 heavy (non-hydrogen) atoms. The number of pyridine rings is 1. The van der Waals surface area contributed by atoms with Crippen LogP contribution in [-0.4, -0.2) is 42.2 Å². The van der Waals surface area contributed by atoms with Crippen LogP contribution in [0.2, 0.25) is 0 Å². The van der Waals surface area contributed by atoms with Crippen LogP contribution in [0.5, 0.6) is 0 Å². The number of carbonyl (C=O) groups excluding carboxylic acids is 1. The Morgan fingerprint density at radius 3 is 2.74 bits per heavy atom. The first kappa shape index (κ1) is 23.3. The molecule has 0 spiro atoms. The van der Waals surface area contributed by atoms with Gasteiger partial charge in [0.15, 0.2) is 5.82 Å². The zero-order valence-corrected chi connectivity index (χ0v) is 20.5. The Labute approximate surface area is 217 Å². The summed E-state index contributed by atoms with van der Waals surface area (Å²) in [6.45, 7) is 1.26. The van der Waals surface area contributed by atoms with Crippen LogP contribution >= 0.6 is 0 Å². The number of amides is 1. The average molecular weight is 510 g/mol. The number of anilines is 4. The first-order valence-corrected chi connectivity index (χ1v) is 12.1. The molecule has 0 atom stereocenters. The fourth-order valence-corrected chi connectivity index (χ4v) is 4.57. The van der Waals surface area contributed by atoms with Crippen molar-refractivity contribution in [3.05, 3.63) is 96.2 Å². The van der Waals surface area contributed by atoms with E-state index < -0.39 is 5.82 Å². The van der Waals surface area contributed by atoms with Crippen LogP contribution in [0.1, 0.15) is 21.7 Å². The van der Waals surface area contributed by atoms with Crippen LogP contribution in [0.15, 0.2) is 73.4 Å². The third kappa shape index (κ3) is 4.57. The van der Waals surface area contributed by atoms with E-state index >= 15 is 0 Å². The number of carbonyl (C=O) groups is 1. The minimum atomic E-state index is -0.578. The molecule has 0 fully saturated rings. The maximum Gasteiger partial charge on any atom is 0.272 e. The molecule has 4 aromatic heterocycles. The van der Waals surface area contributed by atoms with Crippen molar-refractivity contribution < 1.29 is 9.18 Å². The second-order valence-electron chi connectivity index (χ2n) is 8.97. The summed E-state index contributed by atoms with van der Waals surface area (Å²) >= 11 is 0. The van der Waals surface area contributed by atoms with E-state index in [1.165, 1.54) is 12.3 Å². The summed E-state index contributed by atoms with van der Waals surface area (Å²) in [4.78, 5) is 27.9. The van der Waals surface area contributed by atoms with E-state index in [9.17, 15) is 9.18 Å². The molecule has 5 aromatic rings. The zero-order valence-electron chi connectivity index (χ0n) is 20.5. The number of fused-ring (bicyclic) bond motifs is 1. The Kier molecular flexibility index (Phi) is 6.00. The predicted octanol–water partition coefficient (Wildman–Crippen LogP) is 4.30. The lowest BCUT2D eigenvalue weighted by atomic mass is 10.1. The van der Waals surface area contributed by atoms with Crippen LogP contribution in [0.25, 0.3) is 11.1 Å².